The highest BCUT2D eigenvalue weighted by Gasteiger charge is 2.03. The zero-order valence-electron chi connectivity index (χ0n) is 10.3. The highest BCUT2D eigenvalue weighted by atomic mass is 32.1. The number of nitrogens with two attached hydrogens (primary N) is 1. The van der Waals surface area contributed by atoms with Gasteiger partial charge in [-0.25, -0.2) is 15.8 Å². The van der Waals surface area contributed by atoms with E-state index in [1.54, 1.807) is 11.3 Å². The average Bonchev–Trinajstić information content (AvgIpc) is 2.89. The van der Waals surface area contributed by atoms with E-state index in [2.05, 4.69) is 39.1 Å². The molecular weight excluding hydrogens is 246 g/mol. The summed E-state index contributed by atoms with van der Waals surface area (Å²) < 4.78 is 0. The summed E-state index contributed by atoms with van der Waals surface area (Å²) in [5, 5.41) is 5.35. The molecular formula is C12H17N5S. The molecule has 0 aliphatic heterocycles. The van der Waals surface area contributed by atoms with Crippen molar-refractivity contribution >= 4 is 23.0 Å². The van der Waals surface area contributed by atoms with E-state index in [1.165, 1.54) is 4.88 Å². The van der Waals surface area contributed by atoms with Crippen LogP contribution in [-0.4, -0.2) is 9.97 Å². The fraction of sp³-hybridized carbons (Fsp3) is 0.333. The molecule has 18 heavy (non-hydrogen) atoms. The standard InChI is InChI=1S/C12H17N5S/c1-2-4-10-15-11(7-12(16-10)17-13)14-8-9-5-3-6-18-9/h3,5-7H,2,4,8,13H2,1H3,(H2,14,15,16,17). The highest BCUT2D eigenvalue weighted by Crippen LogP contribution is 2.14. The molecule has 0 spiro atoms. The number of hydrazine groups is 1. The van der Waals surface area contributed by atoms with E-state index in [9.17, 15) is 0 Å². The van der Waals surface area contributed by atoms with Crippen molar-refractivity contribution in [2.24, 2.45) is 5.84 Å². The number of nitrogens with one attached hydrogen (secondary N) is 2. The van der Waals surface area contributed by atoms with E-state index in [4.69, 9.17) is 5.84 Å². The van der Waals surface area contributed by atoms with Gasteiger partial charge in [0.25, 0.3) is 0 Å². The smallest absolute Gasteiger partial charge is 0.145 e. The lowest BCUT2D eigenvalue weighted by molar-refractivity contribution is 0.834. The van der Waals surface area contributed by atoms with Crippen LogP contribution < -0.4 is 16.6 Å². The molecule has 0 aromatic carbocycles. The molecule has 2 heterocycles. The van der Waals surface area contributed by atoms with Crippen LogP contribution in [0.3, 0.4) is 0 Å². The Kier molecular flexibility index (Phi) is 4.49. The maximum Gasteiger partial charge on any atom is 0.145 e. The van der Waals surface area contributed by atoms with Gasteiger partial charge in [0.15, 0.2) is 0 Å². The van der Waals surface area contributed by atoms with Crippen molar-refractivity contribution in [2.75, 3.05) is 10.7 Å². The van der Waals surface area contributed by atoms with Gasteiger partial charge in [-0.15, -0.1) is 11.3 Å². The van der Waals surface area contributed by atoms with Gasteiger partial charge in [-0.05, 0) is 17.9 Å². The van der Waals surface area contributed by atoms with E-state index in [0.29, 0.717) is 5.82 Å². The lowest BCUT2D eigenvalue weighted by Gasteiger charge is -2.08. The van der Waals surface area contributed by atoms with Crippen molar-refractivity contribution in [3.05, 3.63) is 34.3 Å². The minimum Gasteiger partial charge on any atom is -0.365 e. The van der Waals surface area contributed by atoms with E-state index in [0.717, 1.165) is 31.0 Å². The van der Waals surface area contributed by atoms with Gasteiger partial charge >= 0.3 is 0 Å². The molecule has 0 saturated carbocycles. The summed E-state index contributed by atoms with van der Waals surface area (Å²) in [5.74, 6) is 7.66. The molecule has 2 aromatic heterocycles. The molecule has 4 N–H and O–H groups in total. The zero-order valence-corrected chi connectivity index (χ0v) is 11.1. The number of aryl methyl sites for hydroxylation is 1. The number of nitrogens with zero attached hydrogens (tertiary/aromatic N) is 2. The molecule has 0 aliphatic rings. The van der Waals surface area contributed by atoms with E-state index < -0.39 is 0 Å². The van der Waals surface area contributed by atoms with Gasteiger partial charge in [0.05, 0.1) is 6.54 Å². The third-order valence-electron chi connectivity index (χ3n) is 2.42. The van der Waals surface area contributed by atoms with Gasteiger partial charge in [-0.3, -0.25) is 0 Å². The molecule has 96 valence electrons. The first kappa shape index (κ1) is 12.8. The lowest BCUT2D eigenvalue weighted by atomic mass is 10.3. The van der Waals surface area contributed by atoms with Crippen molar-refractivity contribution in [1.82, 2.24) is 9.97 Å². The van der Waals surface area contributed by atoms with Gasteiger partial charge in [0, 0.05) is 17.4 Å². The number of hydrogen-bond acceptors (Lipinski definition) is 6. The molecule has 0 unspecified atom stereocenters. The number of rotatable bonds is 6. The Morgan fingerprint density at radius 1 is 1.33 bits per heavy atom. The molecule has 6 heteroatoms. The molecule has 0 bridgehead atoms. The maximum atomic E-state index is 5.41. The quantitative estimate of drug-likeness (QED) is 0.551. The van der Waals surface area contributed by atoms with Crippen LogP contribution in [-0.2, 0) is 13.0 Å². The number of nitrogen functional groups attached to an aromatic ring is 1. The fourth-order valence-corrected chi connectivity index (χ4v) is 2.23. The maximum absolute atomic E-state index is 5.41. The van der Waals surface area contributed by atoms with E-state index in [-0.39, 0.29) is 0 Å². The summed E-state index contributed by atoms with van der Waals surface area (Å²) in [5.41, 5.74) is 2.57. The topological polar surface area (TPSA) is 75.9 Å². The Morgan fingerprint density at radius 2 is 2.17 bits per heavy atom. The Labute approximate surface area is 110 Å². The monoisotopic (exact) mass is 263 g/mol. The lowest BCUT2D eigenvalue weighted by Crippen LogP contribution is -2.12. The van der Waals surface area contributed by atoms with Crippen LogP contribution in [0.4, 0.5) is 11.6 Å². The van der Waals surface area contributed by atoms with Crippen LogP contribution in [0.25, 0.3) is 0 Å². The van der Waals surface area contributed by atoms with Crippen LogP contribution >= 0.6 is 11.3 Å². The van der Waals surface area contributed by atoms with Crippen molar-refractivity contribution in [3.8, 4) is 0 Å². The third-order valence-corrected chi connectivity index (χ3v) is 3.29. The Balaban J connectivity index is 2.08. The molecule has 2 aromatic rings. The number of thiophene rings is 1. The predicted molar refractivity (Wildman–Crippen MR) is 75.5 cm³/mol. The summed E-state index contributed by atoms with van der Waals surface area (Å²) in [6, 6.07) is 5.94. The van der Waals surface area contributed by atoms with Crippen molar-refractivity contribution in [1.29, 1.82) is 0 Å². The zero-order chi connectivity index (χ0) is 12.8. The van der Waals surface area contributed by atoms with Gasteiger partial charge in [-0.2, -0.15) is 0 Å². The van der Waals surface area contributed by atoms with Crippen molar-refractivity contribution in [3.63, 3.8) is 0 Å². The third kappa shape index (κ3) is 3.41. The number of aromatic nitrogens is 2. The van der Waals surface area contributed by atoms with Crippen molar-refractivity contribution in [2.45, 2.75) is 26.3 Å². The fourth-order valence-electron chi connectivity index (χ4n) is 1.59. The number of anilines is 2. The van der Waals surface area contributed by atoms with Gasteiger partial charge in [0.1, 0.15) is 17.5 Å². The van der Waals surface area contributed by atoms with E-state index >= 15 is 0 Å². The van der Waals surface area contributed by atoms with Crippen LogP contribution in [0.2, 0.25) is 0 Å². The van der Waals surface area contributed by atoms with Crippen LogP contribution in [0, 0.1) is 0 Å². The first-order chi connectivity index (χ1) is 8.81. The Morgan fingerprint density at radius 3 is 2.83 bits per heavy atom. The van der Waals surface area contributed by atoms with Gasteiger partial charge in [0.2, 0.25) is 0 Å². The molecule has 0 aliphatic carbocycles. The minimum absolute atomic E-state index is 0.641. The molecule has 0 amide bonds. The largest absolute Gasteiger partial charge is 0.365 e. The summed E-state index contributed by atoms with van der Waals surface area (Å²) >= 11 is 1.72. The molecule has 2 rings (SSSR count). The molecule has 0 atom stereocenters. The van der Waals surface area contributed by atoms with Gasteiger partial charge < -0.3 is 10.7 Å². The molecule has 0 fully saturated rings. The summed E-state index contributed by atoms with van der Waals surface area (Å²) in [4.78, 5) is 10.0. The second-order valence-electron chi connectivity index (χ2n) is 3.88. The van der Waals surface area contributed by atoms with E-state index in [1.807, 2.05) is 12.1 Å². The minimum atomic E-state index is 0.641. The van der Waals surface area contributed by atoms with Crippen LogP contribution in [0.15, 0.2) is 23.6 Å². The molecule has 5 nitrogen and oxygen atoms in total. The summed E-state index contributed by atoms with van der Waals surface area (Å²) in [6.45, 7) is 2.87. The van der Waals surface area contributed by atoms with Crippen LogP contribution in [0.5, 0.6) is 0 Å². The average molecular weight is 263 g/mol. The number of hydrogen-bond donors (Lipinski definition) is 3. The van der Waals surface area contributed by atoms with Gasteiger partial charge in [-0.1, -0.05) is 13.0 Å². The van der Waals surface area contributed by atoms with Crippen molar-refractivity contribution < 1.29 is 0 Å². The normalized spacial score (nSPS) is 10.3. The second-order valence-corrected chi connectivity index (χ2v) is 4.91. The first-order valence-corrected chi connectivity index (χ1v) is 6.80. The summed E-state index contributed by atoms with van der Waals surface area (Å²) in [6.07, 6.45) is 1.86. The highest BCUT2D eigenvalue weighted by molar-refractivity contribution is 7.09. The molecule has 0 radical (unpaired) electrons. The second kappa shape index (κ2) is 6.32. The first-order valence-electron chi connectivity index (χ1n) is 5.92. The SMILES string of the molecule is CCCc1nc(NN)cc(NCc2cccs2)n1. The Hall–Kier alpha value is -1.66. The predicted octanol–water partition coefficient (Wildman–Crippen LogP) is 2.39. The summed E-state index contributed by atoms with van der Waals surface area (Å²) in [7, 11) is 0. The van der Waals surface area contributed by atoms with Crippen LogP contribution in [0.1, 0.15) is 24.0 Å². The Bertz CT molecular complexity index is 483. The molecule has 0 saturated heterocycles.